The Labute approximate surface area is 158 Å². The van der Waals surface area contributed by atoms with E-state index in [1.165, 1.54) is 54.8 Å². The number of aromatic nitrogens is 2. The Kier molecular flexibility index (Phi) is 5.47. The number of aryl methyl sites for hydroxylation is 2. The number of nitrogens with zero attached hydrogens (tertiary/aromatic N) is 3. The Hall–Kier alpha value is -3.66. The van der Waals surface area contributed by atoms with Crippen LogP contribution >= 0.6 is 0 Å². The van der Waals surface area contributed by atoms with Gasteiger partial charge in [0.15, 0.2) is 12.2 Å². The number of nitriles is 1. The molecule has 0 spiro atoms. The molecule has 0 atom stereocenters. The summed E-state index contributed by atoms with van der Waals surface area (Å²) in [4.78, 5) is 7.76. The summed E-state index contributed by atoms with van der Waals surface area (Å²) in [6, 6.07) is 8.41. The normalized spacial score (nSPS) is 12.3. The second-order valence-corrected chi connectivity index (χ2v) is 6.17. The van der Waals surface area contributed by atoms with Gasteiger partial charge in [-0.25, -0.2) is 9.97 Å². The Balaban J connectivity index is 0.000000198. The molecule has 0 radical (unpaired) electrons. The number of hydrogen-bond acceptors (Lipinski definition) is 7. The van der Waals surface area contributed by atoms with Crippen LogP contribution in [0.5, 0.6) is 5.75 Å². The zero-order chi connectivity index (χ0) is 19.2. The summed E-state index contributed by atoms with van der Waals surface area (Å²) in [6.45, 7) is 0. The van der Waals surface area contributed by atoms with Crippen LogP contribution in [0.15, 0.2) is 47.5 Å². The first-order chi connectivity index (χ1) is 13.1. The van der Waals surface area contributed by atoms with Gasteiger partial charge in [0.05, 0.1) is 6.20 Å². The molecule has 27 heavy (non-hydrogen) atoms. The quantitative estimate of drug-likeness (QED) is 0.363. The molecule has 1 aliphatic rings. The van der Waals surface area contributed by atoms with Crippen LogP contribution in [-0.4, -0.2) is 20.8 Å². The smallest absolute Gasteiger partial charge is 0.181 e. The van der Waals surface area contributed by atoms with Crippen molar-refractivity contribution in [3.63, 3.8) is 0 Å². The van der Waals surface area contributed by atoms with Gasteiger partial charge in [0.2, 0.25) is 0 Å². The number of hydrogen-bond donors (Lipinski definition) is 3. The van der Waals surface area contributed by atoms with Crippen molar-refractivity contribution in [1.82, 2.24) is 9.97 Å². The zero-order valence-corrected chi connectivity index (χ0v) is 14.6. The van der Waals surface area contributed by atoms with E-state index in [4.69, 9.17) is 20.8 Å². The molecule has 1 aliphatic carbocycles. The van der Waals surface area contributed by atoms with E-state index in [-0.39, 0.29) is 12.9 Å². The molecule has 0 fully saturated rings. The maximum Gasteiger partial charge on any atom is 0.181 e. The molecule has 0 saturated heterocycles. The average Bonchev–Trinajstić information content (AvgIpc) is 3.24. The molecule has 0 amide bonds. The second-order valence-electron chi connectivity index (χ2n) is 6.17. The number of rotatable bonds is 2. The van der Waals surface area contributed by atoms with E-state index in [1.807, 2.05) is 12.3 Å². The third-order valence-electron chi connectivity index (χ3n) is 4.32. The fourth-order valence-electron chi connectivity index (χ4n) is 2.91. The highest BCUT2D eigenvalue weighted by Crippen LogP contribution is 2.21. The third kappa shape index (κ3) is 4.30. The van der Waals surface area contributed by atoms with E-state index in [9.17, 15) is 5.11 Å². The van der Waals surface area contributed by atoms with Crippen molar-refractivity contribution in [2.75, 3.05) is 5.73 Å². The highest BCUT2D eigenvalue weighted by Gasteiger charge is 2.12. The van der Waals surface area contributed by atoms with Gasteiger partial charge >= 0.3 is 0 Å². The number of nitrogen functional groups attached to an aromatic ring is 1. The van der Waals surface area contributed by atoms with Crippen LogP contribution in [0.1, 0.15) is 42.4 Å². The first-order valence-corrected chi connectivity index (χ1v) is 8.52. The minimum atomic E-state index is 0. The molecule has 4 N–H and O–H groups in total. The molecule has 2 aromatic heterocycles. The summed E-state index contributed by atoms with van der Waals surface area (Å²) in [5, 5.41) is 25.7. The number of phenolic OH excluding ortho intramolecular Hbond substituents is 1. The largest absolute Gasteiger partial charge is 0.508 e. The van der Waals surface area contributed by atoms with Gasteiger partial charge in [-0.15, -0.1) is 0 Å². The Morgan fingerprint density at radius 3 is 2.70 bits per heavy atom. The molecule has 1 aromatic carbocycles. The number of anilines is 1. The van der Waals surface area contributed by atoms with Crippen molar-refractivity contribution in [3.8, 4) is 11.8 Å². The summed E-state index contributed by atoms with van der Waals surface area (Å²) in [6.07, 6.45) is 9.28. The lowest BCUT2D eigenvalue weighted by molar-refractivity contribution is 0.475. The van der Waals surface area contributed by atoms with Crippen molar-refractivity contribution < 1.29 is 11.0 Å². The molecule has 3 aromatic rings. The van der Waals surface area contributed by atoms with Crippen LogP contribution < -0.4 is 5.73 Å². The fraction of sp³-hybridized carbons (Fsp3) is 0.200. The van der Waals surface area contributed by atoms with Crippen LogP contribution in [0, 0.1) is 16.7 Å². The molecule has 0 saturated carbocycles. The molecule has 0 unspecified atom stereocenters. The molecular weight excluding hydrogens is 342 g/mol. The van der Waals surface area contributed by atoms with Crippen LogP contribution in [0.3, 0.4) is 0 Å². The van der Waals surface area contributed by atoms with Crippen molar-refractivity contribution in [3.05, 3.63) is 71.2 Å². The monoisotopic (exact) mass is 363 g/mol. The van der Waals surface area contributed by atoms with Crippen LogP contribution in [0.2, 0.25) is 0 Å². The Bertz CT molecular complexity index is 996. The summed E-state index contributed by atoms with van der Waals surface area (Å²) < 4.78 is 4.97. The summed E-state index contributed by atoms with van der Waals surface area (Å²) in [5.41, 5.74) is 9.83. The van der Waals surface area contributed by atoms with Gasteiger partial charge in [-0.3, -0.25) is 5.41 Å². The fourth-order valence-corrected chi connectivity index (χ4v) is 2.91. The number of oxazole rings is 1. The van der Waals surface area contributed by atoms with Gasteiger partial charge in [0, 0.05) is 18.9 Å². The molecule has 7 heteroatoms. The van der Waals surface area contributed by atoms with Crippen LogP contribution in [0.25, 0.3) is 0 Å². The van der Waals surface area contributed by atoms with Crippen LogP contribution in [-0.2, 0) is 12.8 Å². The minimum absolute atomic E-state index is 0. The van der Waals surface area contributed by atoms with Gasteiger partial charge in [-0.2, -0.15) is 5.26 Å². The number of phenols is 1. The molecule has 2 heterocycles. The van der Waals surface area contributed by atoms with Gasteiger partial charge in [-0.1, -0.05) is 0 Å². The number of pyridine rings is 1. The summed E-state index contributed by atoms with van der Waals surface area (Å²) in [7, 11) is 0. The first-order valence-electron chi connectivity index (χ1n) is 8.52. The lowest BCUT2D eigenvalue weighted by atomic mass is 9.93. The first kappa shape index (κ1) is 18.1. The summed E-state index contributed by atoms with van der Waals surface area (Å²) >= 11 is 0. The van der Waals surface area contributed by atoms with Crippen molar-refractivity contribution in [2.45, 2.75) is 25.7 Å². The van der Waals surface area contributed by atoms with E-state index >= 15 is 0 Å². The number of aromatic hydroxyl groups is 1. The van der Waals surface area contributed by atoms with Crippen molar-refractivity contribution in [1.29, 1.82) is 10.7 Å². The van der Waals surface area contributed by atoms with Gasteiger partial charge < -0.3 is 15.3 Å². The Morgan fingerprint density at radius 1 is 1.22 bits per heavy atom. The molecule has 7 nitrogen and oxygen atoms in total. The topological polar surface area (TPSA) is 133 Å². The Morgan fingerprint density at radius 2 is 2.00 bits per heavy atom. The lowest BCUT2D eigenvalue weighted by Gasteiger charge is -2.14. The highest BCUT2D eigenvalue weighted by atomic mass is 16.3. The predicted octanol–water partition coefficient (Wildman–Crippen LogP) is 3.46. The van der Waals surface area contributed by atoms with E-state index in [2.05, 4.69) is 16.0 Å². The predicted molar refractivity (Wildman–Crippen MR) is 103 cm³/mol. The number of nitrogens with one attached hydrogen (secondary N) is 1. The molecule has 0 bridgehead atoms. The maximum absolute atomic E-state index is 9.29. The number of fused-ring (bicyclic) bond motifs is 1. The minimum Gasteiger partial charge on any atom is -0.508 e. The average molecular weight is 363 g/mol. The highest BCUT2D eigenvalue weighted by molar-refractivity contribution is 6.12. The SMILES string of the molecule is N#Cc1cc2c(cn1)CCCC2.N=C(c1cnco1)c1cc(O)ccc1N.[HH]. The van der Waals surface area contributed by atoms with E-state index < -0.39 is 0 Å². The molecular formula is C20H21N5O2. The standard InChI is InChI=1S/C10H9N3O2.C10H10N2.H2/c11-8-2-1-6(14)3-7(8)10(12)9-4-13-5-15-9;11-6-10-5-8-3-1-2-4-9(8)7-12-10;/h1-5,12,14H,11H2;5,7H,1-4H2;1H. The van der Waals surface area contributed by atoms with Gasteiger partial charge in [0.25, 0.3) is 0 Å². The summed E-state index contributed by atoms with van der Waals surface area (Å²) in [5.74, 6) is 0.371. The van der Waals surface area contributed by atoms with E-state index in [1.54, 1.807) is 0 Å². The zero-order valence-electron chi connectivity index (χ0n) is 14.6. The van der Waals surface area contributed by atoms with Crippen LogP contribution in [0.4, 0.5) is 5.69 Å². The third-order valence-corrected chi connectivity index (χ3v) is 4.32. The number of nitrogens with two attached hydrogens (primary N) is 1. The van der Waals surface area contributed by atoms with Crippen molar-refractivity contribution >= 4 is 11.4 Å². The van der Waals surface area contributed by atoms with Gasteiger partial charge in [-0.05, 0) is 61.1 Å². The number of benzene rings is 1. The molecule has 4 rings (SSSR count). The second kappa shape index (κ2) is 8.15. The van der Waals surface area contributed by atoms with E-state index in [0.717, 1.165) is 12.8 Å². The molecule has 138 valence electrons. The van der Waals surface area contributed by atoms with Crippen molar-refractivity contribution in [2.24, 2.45) is 0 Å². The van der Waals surface area contributed by atoms with E-state index in [0.29, 0.717) is 22.7 Å². The maximum atomic E-state index is 9.29. The lowest BCUT2D eigenvalue weighted by Crippen LogP contribution is -2.04. The molecule has 0 aliphatic heterocycles. The van der Waals surface area contributed by atoms with Gasteiger partial charge in [0.1, 0.15) is 23.2 Å².